The van der Waals surface area contributed by atoms with Crippen molar-refractivity contribution >= 4 is 43.1 Å². The van der Waals surface area contributed by atoms with E-state index in [9.17, 15) is 0 Å². The number of aromatic nitrogens is 4. The number of rotatable bonds is 28. The van der Waals surface area contributed by atoms with Crippen molar-refractivity contribution in [3.8, 4) is 46.0 Å². The van der Waals surface area contributed by atoms with Gasteiger partial charge in [-0.05, 0) is 49.9 Å². The van der Waals surface area contributed by atoms with Gasteiger partial charge in [-0.3, -0.25) is 56.6 Å². The lowest BCUT2D eigenvalue weighted by molar-refractivity contribution is 0.291. The fourth-order valence-corrected chi connectivity index (χ4v) is 11.7. The lowest BCUT2D eigenvalue weighted by Gasteiger charge is -2.18. The molecule has 0 aliphatic carbocycles. The molecule has 0 radical (unpaired) electrons. The van der Waals surface area contributed by atoms with E-state index in [4.69, 9.17) is 37.9 Å². The Morgan fingerprint density at radius 2 is 0.464 bits per heavy atom. The Bertz CT molecular complexity index is 3490. The van der Waals surface area contributed by atoms with E-state index in [0.717, 1.165) is 95.3 Å². The minimum absolute atomic E-state index is 0.212. The largest absolute Gasteiger partial charge is 0.495 e. The maximum absolute atomic E-state index is 15.1. The summed E-state index contributed by atoms with van der Waals surface area (Å²) in [6.07, 6.45) is 13.6. The second-order valence-corrected chi connectivity index (χ2v) is 21.7. The molecule has 0 amide bonds. The van der Waals surface area contributed by atoms with Crippen LogP contribution in [-0.2, 0) is 26.2 Å². The Morgan fingerprint density at radius 1 is 0.286 bits per heavy atom. The van der Waals surface area contributed by atoms with Crippen molar-refractivity contribution in [2.45, 2.75) is 157 Å². The molecule has 10 aliphatic rings. The van der Waals surface area contributed by atoms with Crippen molar-refractivity contribution in [3.63, 3.8) is 0 Å². The maximum atomic E-state index is 15.1. The van der Waals surface area contributed by atoms with Crippen LogP contribution in [0.1, 0.15) is 153 Å². The molecule has 0 spiro atoms. The van der Waals surface area contributed by atoms with Crippen molar-refractivity contribution in [3.05, 3.63) is 129 Å². The van der Waals surface area contributed by atoms with Crippen molar-refractivity contribution in [1.82, 2.24) is 18.3 Å². The van der Waals surface area contributed by atoms with E-state index in [1.165, 1.54) is 28.4 Å². The smallest absolute Gasteiger partial charge is 0.265 e. The third-order valence-corrected chi connectivity index (χ3v) is 16.1. The number of hydrogen-bond acceptors (Lipinski definition) is 16. The lowest BCUT2D eigenvalue weighted by atomic mass is 10.1. The number of hydrogen-bond donors (Lipinski definition) is 0. The van der Waals surface area contributed by atoms with Gasteiger partial charge in [-0.1, -0.05) is 105 Å². The average Bonchev–Trinajstić information content (AvgIpc) is 1.61. The van der Waals surface area contributed by atoms with Crippen LogP contribution >= 0.6 is 0 Å². The molecule has 0 N–H and O–H groups in total. The van der Waals surface area contributed by atoms with E-state index in [0.29, 0.717) is 47.9 Å². The first-order valence-electron chi connectivity index (χ1n) is 29.7. The zero-order valence-corrected chi connectivity index (χ0v) is 49.6. The van der Waals surface area contributed by atoms with Crippen LogP contribution in [0, 0.1) is 0 Å². The SMILES string of the molecule is CCCCCCOc1cc2c(OCCCCCC)cc1Cn1c(=O)c3c(OC)c4c(=O)n(c(=O)c4c(OC)c3c1=O)Cc1cc(OCCCCCC)c(cc1OCCCCCC)Cn1c(=O)c3c(OC)c4c(=O)n(c(=O)c4c(OC)c3c1=O)C2. The van der Waals surface area contributed by atoms with Gasteiger partial charge in [0.25, 0.3) is 44.5 Å². The highest BCUT2D eigenvalue weighted by atomic mass is 16.5. The Labute approximate surface area is 484 Å². The molecule has 448 valence electrons. The molecule has 0 fully saturated rings. The number of methoxy groups -OCH3 is 4. The number of ether oxygens (including phenoxy) is 8. The third-order valence-electron chi connectivity index (χ3n) is 16.1. The minimum atomic E-state index is -0.830. The molecule has 0 saturated carbocycles. The quantitative estimate of drug-likeness (QED) is 0.0418. The van der Waals surface area contributed by atoms with E-state index < -0.39 is 70.7 Å². The van der Waals surface area contributed by atoms with Crippen LogP contribution in [0.25, 0.3) is 43.1 Å². The highest BCUT2D eigenvalue weighted by molar-refractivity contribution is 6.12. The monoisotopic (exact) mass is 1160 g/mol. The van der Waals surface area contributed by atoms with Gasteiger partial charge in [-0.2, -0.15) is 0 Å². The van der Waals surface area contributed by atoms with E-state index in [2.05, 4.69) is 27.7 Å². The van der Waals surface area contributed by atoms with E-state index in [1.54, 1.807) is 24.3 Å². The van der Waals surface area contributed by atoms with E-state index in [-0.39, 0.29) is 116 Å². The zero-order chi connectivity index (χ0) is 59.9. The molecule has 16 bridgehead atoms. The highest BCUT2D eigenvalue weighted by Gasteiger charge is 2.34. The van der Waals surface area contributed by atoms with Crippen LogP contribution in [0.4, 0.5) is 0 Å². The molecule has 4 aromatic carbocycles. The van der Waals surface area contributed by atoms with Crippen molar-refractivity contribution < 1.29 is 37.9 Å². The summed E-state index contributed by atoms with van der Waals surface area (Å²) >= 11 is 0. The molecule has 20 nitrogen and oxygen atoms in total. The van der Waals surface area contributed by atoms with Gasteiger partial charge in [-0.15, -0.1) is 0 Å². The second kappa shape index (κ2) is 26.6. The molecule has 0 saturated heterocycles. The molecule has 0 unspecified atom stereocenters. The van der Waals surface area contributed by atoms with Crippen LogP contribution in [0.3, 0.4) is 0 Å². The summed E-state index contributed by atoms with van der Waals surface area (Å²) in [5.74, 6) is -0.297. The minimum Gasteiger partial charge on any atom is -0.495 e. The zero-order valence-electron chi connectivity index (χ0n) is 49.6. The summed E-state index contributed by atoms with van der Waals surface area (Å²) in [7, 11) is 5.00. The first-order chi connectivity index (χ1) is 40.7. The summed E-state index contributed by atoms with van der Waals surface area (Å²) in [5, 5.41) is -2.18. The van der Waals surface area contributed by atoms with E-state index in [1.807, 2.05) is 0 Å². The summed E-state index contributed by atoms with van der Waals surface area (Å²) < 4.78 is 53.4. The first-order valence-corrected chi connectivity index (χ1v) is 29.7. The van der Waals surface area contributed by atoms with Crippen LogP contribution in [0.5, 0.6) is 46.0 Å². The fraction of sp³-hybridized carbons (Fsp3) is 0.500. The molecular formula is C64H76N4O16. The van der Waals surface area contributed by atoms with Gasteiger partial charge in [0, 0.05) is 22.3 Å². The third kappa shape index (κ3) is 11.1. The predicted molar refractivity (Wildman–Crippen MR) is 324 cm³/mol. The molecule has 84 heavy (non-hydrogen) atoms. The number of benzene rings is 4. The van der Waals surface area contributed by atoms with Crippen molar-refractivity contribution in [2.75, 3.05) is 54.9 Å². The van der Waals surface area contributed by atoms with Gasteiger partial charge in [-0.25, -0.2) is 0 Å². The maximum Gasteiger partial charge on any atom is 0.265 e. The Balaban J connectivity index is 1.37. The highest BCUT2D eigenvalue weighted by Crippen LogP contribution is 2.41. The molecule has 8 aromatic rings. The molecular weight excluding hydrogens is 1080 g/mol. The summed E-state index contributed by atoms with van der Waals surface area (Å²) in [6, 6.07) is 6.45. The summed E-state index contributed by atoms with van der Waals surface area (Å²) in [6.45, 7) is 7.59. The van der Waals surface area contributed by atoms with Gasteiger partial charge >= 0.3 is 0 Å². The van der Waals surface area contributed by atoms with Crippen molar-refractivity contribution in [2.24, 2.45) is 0 Å². The first kappa shape index (κ1) is 60.4. The second-order valence-electron chi connectivity index (χ2n) is 21.7. The van der Waals surface area contributed by atoms with Crippen LogP contribution < -0.4 is 82.4 Å². The van der Waals surface area contributed by atoms with Crippen LogP contribution in [0.2, 0.25) is 0 Å². The van der Waals surface area contributed by atoms with Gasteiger partial charge in [0.15, 0.2) is 0 Å². The van der Waals surface area contributed by atoms with Crippen LogP contribution in [-0.4, -0.2) is 73.1 Å². The predicted octanol–water partition coefficient (Wildman–Crippen LogP) is 8.52. The Morgan fingerprint density at radius 3 is 0.619 bits per heavy atom. The van der Waals surface area contributed by atoms with Gasteiger partial charge in [0.1, 0.15) is 46.0 Å². The Kier molecular flexibility index (Phi) is 19.1. The lowest BCUT2D eigenvalue weighted by Crippen LogP contribution is -2.28. The van der Waals surface area contributed by atoms with Crippen molar-refractivity contribution in [1.29, 1.82) is 0 Å². The number of nitrogens with zero attached hydrogens (tertiary/aromatic N) is 4. The summed E-state index contributed by atoms with van der Waals surface area (Å²) in [4.78, 5) is 120. The normalized spacial score (nSPS) is 12.5. The average molecular weight is 1160 g/mol. The standard InChI is InChI=1S/C64H76N4O16/c1-9-13-17-21-25-81-41-29-38-34-66-59(71)47-48(60(66)72)56(80-8)52-51(55(47)79-7)63(75)68(64(52)76)36-40-32-43(83-27-23-19-15-11-3)39(31-44(40)84-28-24-20-16-12-4)35-67-61(73)49-50(62(67)74)54(78-6)46-45(53(49)77-5)57(69)65(58(46)70)33-37(41)30-42(38)82-26-22-18-14-10-2/h29-32H,9-28,33-36H2,1-8H3. The van der Waals surface area contributed by atoms with Gasteiger partial charge in [0.05, 0.1) is 124 Å². The van der Waals surface area contributed by atoms with Gasteiger partial charge in [0.2, 0.25) is 0 Å². The van der Waals surface area contributed by atoms with Gasteiger partial charge < -0.3 is 37.9 Å². The number of unbranched alkanes of at least 4 members (excludes halogenated alkanes) is 12. The fourth-order valence-electron chi connectivity index (χ4n) is 11.7. The van der Waals surface area contributed by atoms with Crippen LogP contribution in [0.15, 0.2) is 62.6 Å². The molecule has 20 heteroatoms. The van der Waals surface area contributed by atoms with E-state index >= 15 is 38.4 Å². The Hall–Kier alpha value is -8.16. The molecule has 14 heterocycles. The molecule has 4 aromatic heterocycles. The summed E-state index contributed by atoms with van der Waals surface area (Å²) in [5.41, 5.74) is -5.36. The molecule has 18 rings (SSSR count). The topological polar surface area (TPSA) is 230 Å². The molecule has 0 atom stereocenters. The molecule has 10 aliphatic heterocycles.